The van der Waals surface area contributed by atoms with E-state index in [0.717, 1.165) is 0 Å². The number of hydrogen-bond donors (Lipinski definition) is 2. The largest absolute Gasteiger partial charge is 0.478 e. The second-order valence-corrected chi connectivity index (χ2v) is 1.80. The van der Waals surface area contributed by atoms with Gasteiger partial charge in [0.15, 0.2) is 0 Å². The van der Waals surface area contributed by atoms with Crippen molar-refractivity contribution in [1.29, 1.82) is 0 Å². The summed E-state index contributed by atoms with van der Waals surface area (Å²) in [6.45, 7) is 0. The Morgan fingerprint density at radius 1 is 1.00 bits per heavy atom. The van der Waals surface area contributed by atoms with Gasteiger partial charge in [0.2, 0.25) is 0 Å². The van der Waals surface area contributed by atoms with Crippen molar-refractivity contribution in [2.45, 2.75) is 0 Å². The Kier molecular flexibility index (Phi) is 6.13. The summed E-state index contributed by atoms with van der Waals surface area (Å²) in [5.74, 6) is -2.51. The molecule has 0 aliphatic rings. The van der Waals surface area contributed by atoms with Crippen molar-refractivity contribution < 1.29 is 19.8 Å². The zero-order valence-electron chi connectivity index (χ0n) is 6.94. The Bertz CT molecular complexity index is 269. The quantitative estimate of drug-likeness (QED) is 0.619. The summed E-state index contributed by atoms with van der Waals surface area (Å²) in [5, 5.41) is 22.5. The van der Waals surface area contributed by atoms with E-state index in [4.69, 9.17) is 10.2 Å². The van der Waals surface area contributed by atoms with Gasteiger partial charge >= 0.3 is 11.9 Å². The van der Waals surface area contributed by atoms with Crippen LogP contribution in [0.25, 0.3) is 0 Å². The fourth-order valence-electron chi connectivity index (χ4n) is 0.347. The van der Waals surface area contributed by atoms with Crippen molar-refractivity contribution >= 4 is 11.9 Å². The molecular weight excluding hydrogens is 190 g/mol. The van der Waals surface area contributed by atoms with Gasteiger partial charge in [0, 0.05) is 18.3 Å². The van der Waals surface area contributed by atoms with Crippen LogP contribution >= 0.6 is 0 Å². The van der Waals surface area contributed by atoms with Crippen LogP contribution in [-0.2, 0) is 9.59 Å². The van der Waals surface area contributed by atoms with Crippen LogP contribution in [0.1, 0.15) is 0 Å². The van der Waals surface area contributed by atoms with Gasteiger partial charge in [-0.25, -0.2) is 14.6 Å². The molecule has 0 saturated heterocycles. The minimum absolute atomic E-state index is 0.558. The van der Waals surface area contributed by atoms with E-state index in [1.807, 2.05) is 0 Å². The van der Waals surface area contributed by atoms with Crippen LogP contribution < -0.4 is 0 Å². The standard InChI is InChI=1S/C4H4O4.C3H3N3/c5-3(6)1-2-4(7)8;1-2-5-6-3-4-1/h1-2H,(H,5,6)(H,7,8);1-3H. The van der Waals surface area contributed by atoms with Gasteiger partial charge in [-0.3, -0.25) is 0 Å². The number of aliphatic carboxylic acids is 2. The molecule has 0 aromatic carbocycles. The second kappa shape index (κ2) is 7.35. The summed E-state index contributed by atoms with van der Waals surface area (Å²) in [6, 6.07) is 0. The third-order valence-electron chi connectivity index (χ3n) is 0.773. The van der Waals surface area contributed by atoms with Crippen LogP contribution in [0.4, 0.5) is 0 Å². The molecule has 0 aliphatic heterocycles. The van der Waals surface area contributed by atoms with E-state index in [2.05, 4.69) is 15.2 Å². The van der Waals surface area contributed by atoms with Crippen LogP contribution in [-0.4, -0.2) is 37.3 Å². The molecule has 0 unspecified atom stereocenters. The van der Waals surface area contributed by atoms with Crippen LogP contribution in [0.3, 0.4) is 0 Å². The number of nitrogens with zero attached hydrogens (tertiary/aromatic N) is 3. The molecule has 0 fully saturated rings. The minimum Gasteiger partial charge on any atom is -0.478 e. The average Bonchev–Trinajstić information content (AvgIpc) is 2.18. The Morgan fingerprint density at radius 3 is 1.71 bits per heavy atom. The number of rotatable bonds is 2. The predicted octanol–water partition coefficient (Wildman–Crippen LogP) is -0.417. The smallest absolute Gasteiger partial charge is 0.328 e. The number of carboxylic acids is 2. The summed E-state index contributed by atoms with van der Waals surface area (Å²) in [7, 11) is 0. The van der Waals surface area contributed by atoms with Crippen molar-refractivity contribution in [3.63, 3.8) is 0 Å². The SMILES string of the molecule is O=C(O)C=CC(=O)O.c1cnncn1. The number of carboxylic acid groups (broad SMARTS) is 2. The molecular formula is C7H7N3O4. The molecule has 0 saturated carbocycles. The molecule has 1 heterocycles. The fraction of sp³-hybridized carbons (Fsp3) is 0. The van der Waals surface area contributed by atoms with Gasteiger partial charge in [-0.2, -0.15) is 5.10 Å². The molecule has 1 aromatic heterocycles. The van der Waals surface area contributed by atoms with Gasteiger partial charge in [-0.15, -0.1) is 5.10 Å². The molecule has 0 aliphatic carbocycles. The molecule has 1 aromatic rings. The summed E-state index contributed by atoms with van der Waals surface area (Å²) in [5.41, 5.74) is 0. The first-order valence-electron chi connectivity index (χ1n) is 3.33. The molecule has 0 bridgehead atoms. The summed E-state index contributed by atoms with van der Waals surface area (Å²) < 4.78 is 0. The lowest BCUT2D eigenvalue weighted by atomic mass is 10.5. The first-order chi connectivity index (χ1) is 6.63. The molecule has 2 N–H and O–H groups in total. The first kappa shape index (κ1) is 11.7. The fourth-order valence-corrected chi connectivity index (χ4v) is 0.347. The third-order valence-corrected chi connectivity index (χ3v) is 0.773. The van der Waals surface area contributed by atoms with Crippen molar-refractivity contribution in [2.24, 2.45) is 0 Å². The minimum atomic E-state index is -1.26. The first-order valence-corrected chi connectivity index (χ1v) is 3.33. The molecule has 7 nitrogen and oxygen atoms in total. The van der Waals surface area contributed by atoms with E-state index in [1.54, 1.807) is 6.20 Å². The van der Waals surface area contributed by atoms with E-state index >= 15 is 0 Å². The zero-order chi connectivity index (χ0) is 10.8. The van der Waals surface area contributed by atoms with Crippen LogP contribution in [0.15, 0.2) is 30.9 Å². The molecule has 14 heavy (non-hydrogen) atoms. The second-order valence-electron chi connectivity index (χ2n) is 1.80. The molecule has 7 heteroatoms. The van der Waals surface area contributed by atoms with Gasteiger partial charge in [-0.1, -0.05) is 0 Å². The van der Waals surface area contributed by atoms with Gasteiger partial charge in [-0.05, 0) is 0 Å². The number of carbonyl (C=O) groups is 2. The highest BCUT2D eigenvalue weighted by atomic mass is 16.4. The maximum Gasteiger partial charge on any atom is 0.328 e. The van der Waals surface area contributed by atoms with E-state index < -0.39 is 11.9 Å². The lowest BCUT2D eigenvalue weighted by Gasteiger charge is -1.74. The van der Waals surface area contributed by atoms with Crippen molar-refractivity contribution in [1.82, 2.24) is 15.2 Å². The Balaban J connectivity index is 0.000000249. The van der Waals surface area contributed by atoms with Crippen LogP contribution in [0.2, 0.25) is 0 Å². The van der Waals surface area contributed by atoms with E-state index in [0.29, 0.717) is 12.2 Å². The van der Waals surface area contributed by atoms with Gasteiger partial charge in [0.05, 0.1) is 6.20 Å². The molecule has 0 atom stereocenters. The average molecular weight is 197 g/mol. The van der Waals surface area contributed by atoms with Crippen LogP contribution in [0, 0.1) is 0 Å². The maximum absolute atomic E-state index is 9.55. The normalized spacial score (nSPS) is 8.86. The predicted molar refractivity (Wildman–Crippen MR) is 44.2 cm³/mol. The number of hydrogen-bond acceptors (Lipinski definition) is 5. The Hall–Kier alpha value is -2.31. The molecule has 0 radical (unpaired) electrons. The highest BCUT2D eigenvalue weighted by Gasteiger charge is 1.88. The molecule has 74 valence electrons. The monoisotopic (exact) mass is 197 g/mol. The van der Waals surface area contributed by atoms with E-state index in [1.165, 1.54) is 12.5 Å². The van der Waals surface area contributed by atoms with Crippen molar-refractivity contribution in [3.05, 3.63) is 30.9 Å². The summed E-state index contributed by atoms with van der Waals surface area (Å²) in [4.78, 5) is 22.7. The van der Waals surface area contributed by atoms with E-state index in [-0.39, 0.29) is 0 Å². The lowest BCUT2D eigenvalue weighted by Crippen LogP contribution is -1.91. The Labute approximate surface area is 78.7 Å². The third kappa shape index (κ3) is 9.69. The lowest BCUT2D eigenvalue weighted by molar-refractivity contribution is -0.134. The number of aromatic nitrogens is 3. The highest BCUT2D eigenvalue weighted by molar-refractivity contribution is 5.89. The molecule has 0 amide bonds. The Morgan fingerprint density at radius 2 is 1.57 bits per heavy atom. The van der Waals surface area contributed by atoms with Crippen molar-refractivity contribution in [2.75, 3.05) is 0 Å². The highest BCUT2D eigenvalue weighted by Crippen LogP contribution is 1.70. The molecule has 0 spiro atoms. The van der Waals surface area contributed by atoms with Gasteiger partial charge in [0.25, 0.3) is 0 Å². The topological polar surface area (TPSA) is 113 Å². The maximum atomic E-state index is 9.55. The molecule has 1 rings (SSSR count). The summed E-state index contributed by atoms with van der Waals surface area (Å²) >= 11 is 0. The van der Waals surface area contributed by atoms with E-state index in [9.17, 15) is 9.59 Å². The van der Waals surface area contributed by atoms with Crippen molar-refractivity contribution in [3.8, 4) is 0 Å². The van der Waals surface area contributed by atoms with Gasteiger partial charge in [0.1, 0.15) is 6.33 Å². The van der Waals surface area contributed by atoms with Gasteiger partial charge < -0.3 is 10.2 Å². The zero-order valence-corrected chi connectivity index (χ0v) is 6.94. The van der Waals surface area contributed by atoms with Crippen LogP contribution in [0.5, 0.6) is 0 Å². The summed E-state index contributed by atoms with van der Waals surface area (Å²) in [6.07, 6.45) is 5.61.